The van der Waals surface area contributed by atoms with Gasteiger partial charge in [-0.1, -0.05) is 60.7 Å². The molecular weight excluding hydrogens is 316 g/mol. The van der Waals surface area contributed by atoms with Crippen molar-refractivity contribution >= 4 is 11.8 Å². The van der Waals surface area contributed by atoms with Crippen LogP contribution in [0.5, 0.6) is 0 Å². The number of hydrogen-bond donors (Lipinski definition) is 3. The maximum atomic E-state index is 12.6. The van der Waals surface area contributed by atoms with Crippen LogP contribution in [0.25, 0.3) is 0 Å². The third-order valence-electron chi connectivity index (χ3n) is 4.27. The highest BCUT2D eigenvalue weighted by atomic mass is 16.5. The second kappa shape index (κ2) is 8.99. The van der Waals surface area contributed by atoms with Crippen molar-refractivity contribution in [3.05, 3.63) is 71.8 Å². The third kappa shape index (κ3) is 5.16. The van der Waals surface area contributed by atoms with Gasteiger partial charge in [0.1, 0.15) is 5.41 Å². The van der Waals surface area contributed by atoms with Gasteiger partial charge in [-0.05, 0) is 37.3 Å². The largest absolute Gasteiger partial charge is 0.355 e. The minimum absolute atomic E-state index is 0.213. The topological polar surface area (TPSA) is 78.4 Å². The van der Waals surface area contributed by atoms with Gasteiger partial charge in [-0.15, -0.1) is 0 Å². The molecule has 2 amide bonds. The molecule has 0 bridgehead atoms. The second-order valence-corrected chi connectivity index (χ2v) is 6.28. The SMILES string of the molecule is C[C@@](Cc1ccccc1)(C(=O)NO)C(=O)NCCCc1ccccc1. The Kier molecular flexibility index (Phi) is 6.71. The maximum Gasteiger partial charge on any atom is 0.259 e. The fourth-order valence-corrected chi connectivity index (χ4v) is 2.73. The van der Waals surface area contributed by atoms with E-state index in [1.807, 2.05) is 60.7 Å². The van der Waals surface area contributed by atoms with Crippen LogP contribution in [0.1, 0.15) is 24.5 Å². The molecule has 0 aliphatic rings. The molecule has 0 heterocycles. The number of aryl methyl sites for hydroxylation is 1. The molecule has 0 aliphatic carbocycles. The molecule has 5 nitrogen and oxygen atoms in total. The van der Waals surface area contributed by atoms with Gasteiger partial charge in [0.2, 0.25) is 5.91 Å². The molecule has 0 aromatic heterocycles. The van der Waals surface area contributed by atoms with Gasteiger partial charge < -0.3 is 5.32 Å². The molecule has 1 atom stereocenters. The summed E-state index contributed by atoms with van der Waals surface area (Å²) in [5, 5.41) is 11.9. The van der Waals surface area contributed by atoms with Gasteiger partial charge >= 0.3 is 0 Å². The predicted molar refractivity (Wildman–Crippen MR) is 96.0 cm³/mol. The molecule has 0 spiro atoms. The lowest BCUT2D eigenvalue weighted by atomic mass is 9.81. The van der Waals surface area contributed by atoms with Crippen LogP contribution in [-0.4, -0.2) is 23.6 Å². The van der Waals surface area contributed by atoms with Crippen LogP contribution in [0.3, 0.4) is 0 Å². The van der Waals surface area contributed by atoms with E-state index < -0.39 is 17.2 Å². The van der Waals surface area contributed by atoms with Gasteiger partial charge in [0, 0.05) is 6.54 Å². The monoisotopic (exact) mass is 340 g/mol. The van der Waals surface area contributed by atoms with Crippen LogP contribution in [0.15, 0.2) is 60.7 Å². The first-order valence-electron chi connectivity index (χ1n) is 8.37. The molecule has 25 heavy (non-hydrogen) atoms. The first-order valence-corrected chi connectivity index (χ1v) is 8.37. The Hall–Kier alpha value is -2.66. The third-order valence-corrected chi connectivity index (χ3v) is 4.27. The number of hydrogen-bond acceptors (Lipinski definition) is 3. The van der Waals surface area contributed by atoms with Gasteiger partial charge in [0.25, 0.3) is 5.91 Å². The lowest BCUT2D eigenvalue weighted by Gasteiger charge is -2.26. The van der Waals surface area contributed by atoms with E-state index in [4.69, 9.17) is 5.21 Å². The molecule has 0 fully saturated rings. The molecule has 2 aromatic rings. The second-order valence-electron chi connectivity index (χ2n) is 6.28. The van der Waals surface area contributed by atoms with E-state index in [0.29, 0.717) is 6.54 Å². The number of amides is 2. The van der Waals surface area contributed by atoms with Crippen molar-refractivity contribution in [3.8, 4) is 0 Å². The molecule has 0 radical (unpaired) electrons. The molecule has 0 aliphatic heterocycles. The summed E-state index contributed by atoms with van der Waals surface area (Å²) in [6, 6.07) is 19.3. The van der Waals surface area contributed by atoms with E-state index in [0.717, 1.165) is 18.4 Å². The zero-order valence-electron chi connectivity index (χ0n) is 14.4. The van der Waals surface area contributed by atoms with Crippen molar-refractivity contribution in [1.82, 2.24) is 10.8 Å². The number of benzene rings is 2. The Morgan fingerprint density at radius 3 is 2.04 bits per heavy atom. The normalized spacial score (nSPS) is 12.9. The van der Waals surface area contributed by atoms with E-state index in [-0.39, 0.29) is 6.42 Å². The number of carbonyl (C=O) groups excluding carboxylic acids is 2. The predicted octanol–water partition coefficient (Wildman–Crippen LogP) is 2.49. The Morgan fingerprint density at radius 1 is 0.920 bits per heavy atom. The summed E-state index contributed by atoms with van der Waals surface area (Å²) in [6.07, 6.45) is 1.84. The quantitative estimate of drug-likeness (QED) is 0.299. The zero-order chi connectivity index (χ0) is 18.1. The van der Waals surface area contributed by atoms with Crippen molar-refractivity contribution in [1.29, 1.82) is 0 Å². The average Bonchev–Trinajstić information content (AvgIpc) is 2.65. The minimum atomic E-state index is -1.37. The Morgan fingerprint density at radius 2 is 1.48 bits per heavy atom. The first-order chi connectivity index (χ1) is 12.1. The van der Waals surface area contributed by atoms with Gasteiger partial charge in [-0.2, -0.15) is 0 Å². The van der Waals surface area contributed by atoms with E-state index in [1.54, 1.807) is 5.48 Å². The summed E-state index contributed by atoms with van der Waals surface area (Å²) < 4.78 is 0. The van der Waals surface area contributed by atoms with Gasteiger partial charge in [0.05, 0.1) is 0 Å². The van der Waals surface area contributed by atoms with Crippen molar-refractivity contribution in [3.63, 3.8) is 0 Å². The highest BCUT2D eigenvalue weighted by Gasteiger charge is 2.41. The molecule has 0 saturated heterocycles. The van der Waals surface area contributed by atoms with E-state index in [2.05, 4.69) is 5.32 Å². The van der Waals surface area contributed by atoms with Crippen molar-refractivity contribution in [2.24, 2.45) is 5.41 Å². The zero-order valence-corrected chi connectivity index (χ0v) is 14.4. The van der Waals surface area contributed by atoms with E-state index >= 15 is 0 Å². The van der Waals surface area contributed by atoms with Crippen molar-refractivity contribution in [2.45, 2.75) is 26.2 Å². The van der Waals surface area contributed by atoms with E-state index in [1.165, 1.54) is 12.5 Å². The summed E-state index contributed by atoms with van der Waals surface area (Å²) >= 11 is 0. The molecule has 2 aromatic carbocycles. The molecule has 5 heteroatoms. The van der Waals surface area contributed by atoms with Crippen LogP contribution in [0.2, 0.25) is 0 Å². The van der Waals surface area contributed by atoms with Crippen LogP contribution in [0.4, 0.5) is 0 Å². The summed E-state index contributed by atoms with van der Waals surface area (Å²) in [4.78, 5) is 24.7. The molecule has 2 rings (SSSR count). The van der Waals surface area contributed by atoms with Crippen molar-refractivity contribution in [2.75, 3.05) is 6.54 Å². The van der Waals surface area contributed by atoms with Crippen LogP contribution >= 0.6 is 0 Å². The van der Waals surface area contributed by atoms with Crippen molar-refractivity contribution < 1.29 is 14.8 Å². The number of carbonyl (C=O) groups is 2. The summed E-state index contributed by atoms with van der Waals surface area (Å²) in [5.41, 5.74) is 2.31. The Labute approximate surface area is 148 Å². The lowest BCUT2D eigenvalue weighted by Crippen LogP contribution is -2.50. The minimum Gasteiger partial charge on any atom is -0.355 e. The van der Waals surface area contributed by atoms with Gasteiger partial charge in [-0.3, -0.25) is 14.8 Å². The average molecular weight is 340 g/mol. The Balaban J connectivity index is 1.94. The molecule has 0 saturated carbocycles. The van der Waals surface area contributed by atoms with Gasteiger partial charge in [-0.25, -0.2) is 5.48 Å². The molecular formula is C20H24N2O3. The molecule has 3 N–H and O–H groups in total. The first kappa shape index (κ1) is 18.7. The van der Waals surface area contributed by atoms with Crippen LogP contribution in [-0.2, 0) is 22.4 Å². The molecule has 132 valence electrons. The number of hydroxylamine groups is 1. The highest BCUT2D eigenvalue weighted by molar-refractivity contribution is 6.04. The number of rotatable bonds is 8. The summed E-state index contributed by atoms with van der Waals surface area (Å²) in [7, 11) is 0. The van der Waals surface area contributed by atoms with Crippen LogP contribution < -0.4 is 10.8 Å². The standard InChI is InChI=1S/C20H24N2O3/c1-20(19(24)22-25,15-17-11-6-3-7-12-17)18(23)21-14-8-13-16-9-4-2-5-10-16/h2-7,9-12,25H,8,13-15H2,1H3,(H,21,23)(H,22,24)/t20-/m0/s1. The maximum absolute atomic E-state index is 12.6. The fourth-order valence-electron chi connectivity index (χ4n) is 2.73. The lowest BCUT2D eigenvalue weighted by molar-refractivity contribution is -0.148. The van der Waals surface area contributed by atoms with E-state index in [9.17, 15) is 9.59 Å². The van der Waals surface area contributed by atoms with Gasteiger partial charge in [0.15, 0.2) is 0 Å². The summed E-state index contributed by atoms with van der Waals surface area (Å²) in [6.45, 7) is 2.01. The fraction of sp³-hybridized carbons (Fsp3) is 0.300. The van der Waals surface area contributed by atoms with Crippen LogP contribution in [0, 0.1) is 5.41 Å². The Bertz CT molecular complexity index is 689. The highest BCUT2D eigenvalue weighted by Crippen LogP contribution is 2.23. The molecule has 0 unspecified atom stereocenters. The smallest absolute Gasteiger partial charge is 0.259 e. The number of nitrogens with one attached hydrogen (secondary N) is 2. The summed E-state index contributed by atoms with van der Waals surface area (Å²) in [5.74, 6) is -1.10.